The highest BCUT2D eigenvalue weighted by Gasteiger charge is 2.36. The summed E-state index contributed by atoms with van der Waals surface area (Å²) < 4.78 is 4.46. The standard InChI is InChI=1S/C19H17NS.C7H8N2O3S/c20-21-19(16-10-4-1-5-11-16,17-12-6-2-7-13-17)18-14-8-3-9-15-18;1-12-5-2-3-7(13-8)6(4-5)9(10)11/h1-15H,20H2;2-4H,8H2,1H3. The third-order valence-electron chi connectivity index (χ3n) is 5.21. The molecule has 0 spiro atoms. The van der Waals surface area contributed by atoms with E-state index in [4.69, 9.17) is 15.0 Å². The van der Waals surface area contributed by atoms with Crippen molar-refractivity contribution in [1.29, 1.82) is 0 Å². The summed E-state index contributed by atoms with van der Waals surface area (Å²) in [5.41, 5.74) is 3.53. The van der Waals surface area contributed by atoms with E-state index in [2.05, 4.69) is 72.8 Å². The fraction of sp³-hybridized carbons (Fsp3) is 0.0769. The fourth-order valence-corrected chi connectivity index (χ4v) is 4.81. The Morgan fingerprint density at radius 1 is 0.765 bits per heavy atom. The number of hydrogen-bond acceptors (Lipinski definition) is 7. The summed E-state index contributed by atoms with van der Waals surface area (Å²) in [5.74, 6) is 0.449. The predicted molar refractivity (Wildman–Crippen MR) is 141 cm³/mol. The van der Waals surface area contributed by atoms with Crippen molar-refractivity contribution in [3.63, 3.8) is 0 Å². The summed E-state index contributed by atoms with van der Waals surface area (Å²) in [7, 11) is 1.45. The highest BCUT2D eigenvalue weighted by Crippen LogP contribution is 2.45. The summed E-state index contributed by atoms with van der Waals surface area (Å²) in [5, 5.41) is 22.0. The van der Waals surface area contributed by atoms with Crippen LogP contribution in [0.4, 0.5) is 5.69 Å². The second kappa shape index (κ2) is 12.2. The number of nitro benzene ring substituents is 1. The Morgan fingerprint density at radius 2 is 1.21 bits per heavy atom. The van der Waals surface area contributed by atoms with E-state index in [1.54, 1.807) is 12.1 Å². The lowest BCUT2D eigenvalue weighted by atomic mass is 9.84. The van der Waals surface area contributed by atoms with Crippen molar-refractivity contribution < 1.29 is 9.66 Å². The lowest BCUT2D eigenvalue weighted by Gasteiger charge is -2.33. The molecule has 0 aliphatic heterocycles. The van der Waals surface area contributed by atoms with Gasteiger partial charge >= 0.3 is 0 Å². The lowest BCUT2D eigenvalue weighted by molar-refractivity contribution is -0.387. The minimum absolute atomic E-state index is 0.0353. The van der Waals surface area contributed by atoms with Gasteiger partial charge in [0.05, 0.1) is 18.1 Å². The van der Waals surface area contributed by atoms with Crippen molar-refractivity contribution in [3.8, 4) is 5.75 Å². The van der Waals surface area contributed by atoms with E-state index in [0.717, 1.165) is 11.9 Å². The van der Waals surface area contributed by atoms with Crippen LogP contribution in [0.2, 0.25) is 0 Å². The molecule has 0 saturated heterocycles. The SMILES string of the molecule is COc1ccc(SN)c([N+](=O)[O-])c1.NSC(c1ccccc1)(c1ccccc1)c1ccccc1. The zero-order valence-corrected chi connectivity index (χ0v) is 20.2. The van der Waals surface area contributed by atoms with Gasteiger partial charge in [0.2, 0.25) is 0 Å². The van der Waals surface area contributed by atoms with Crippen LogP contribution in [0.5, 0.6) is 5.75 Å². The van der Waals surface area contributed by atoms with Crippen LogP contribution in [0.1, 0.15) is 16.7 Å². The van der Waals surface area contributed by atoms with Crippen LogP contribution in [0.3, 0.4) is 0 Å². The van der Waals surface area contributed by atoms with Gasteiger partial charge in [-0.05, 0) is 40.8 Å². The number of benzene rings is 4. The number of rotatable bonds is 7. The first kappa shape index (κ1) is 25.3. The Bertz CT molecular complexity index is 1100. The van der Waals surface area contributed by atoms with Crippen molar-refractivity contribution in [3.05, 3.63) is 136 Å². The van der Waals surface area contributed by atoms with Crippen molar-refractivity contribution in [2.75, 3.05) is 7.11 Å². The zero-order chi connectivity index (χ0) is 24.4. The van der Waals surface area contributed by atoms with Crippen molar-refractivity contribution in [1.82, 2.24) is 0 Å². The number of nitrogens with two attached hydrogens (primary N) is 2. The maximum atomic E-state index is 10.5. The molecule has 0 fully saturated rings. The van der Waals surface area contributed by atoms with Crippen LogP contribution in [0.25, 0.3) is 0 Å². The first-order valence-electron chi connectivity index (χ1n) is 10.3. The van der Waals surface area contributed by atoms with Gasteiger partial charge in [0.15, 0.2) is 0 Å². The van der Waals surface area contributed by atoms with E-state index in [1.807, 2.05) is 18.2 Å². The number of methoxy groups -OCH3 is 1. The van der Waals surface area contributed by atoms with E-state index in [-0.39, 0.29) is 10.4 Å². The van der Waals surface area contributed by atoms with Crippen molar-refractivity contribution >= 4 is 29.6 Å². The van der Waals surface area contributed by atoms with Crippen LogP contribution in [-0.2, 0) is 4.75 Å². The molecule has 0 atom stereocenters. The van der Waals surface area contributed by atoms with E-state index < -0.39 is 4.92 Å². The molecule has 4 rings (SSSR count). The molecular formula is C26H25N3O3S2. The van der Waals surface area contributed by atoms with Crippen LogP contribution in [0, 0.1) is 10.1 Å². The van der Waals surface area contributed by atoms with E-state index >= 15 is 0 Å². The highest BCUT2D eigenvalue weighted by atomic mass is 32.2. The Hall–Kier alpha value is -3.30. The van der Waals surface area contributed by atoms with Gasteiger partial charge in [0, 0.05) is 0 Å². The lowest BCUT2D eigenvalue weighted by Crippen LogP contribution is -2.27. The van der Waals surface area contributed by atoms with Gasteiger partial charge in [0.25, 0.3) is 5.69 Å². The maximum Gasteiger partial charge on any atom is 0.287 e. The zero-order valence-electron chi connectivity index (χ0n) is 18.5. The number of hydrogen-bond donors (Lipinski definition) is 2. The molecule has 6 nitrogen and oxygen atoms in total. The Labute approximate surface area is 207 Å². The largest absolute Gasteiger partial charge is 0.497 e. The molecule has 0 aromatic heterocycles. The van der Waals surface area contributed by atoms with Crippen LogP contribution in [-0.4, -0.2) is 12.0 Å². The molecule has 0 radical (unpaired) electrons. The van der Waals surface area contributed by atoms with E-state index in [1.165, 1.54) is 41.8 Å². The van der Waals surface area contributed by atoms with E-state index in [9.17, 15) is 10.1 Å². The van der Waals surface area contributed by atoms with Crippen LogP contribution in [0.15, 0.2) is 114 Å². The Morgan fingerprint density at radius 3 is 1.53 bits per heavy atom. The molecule has 4 aromatic rings. The first-order valence-corrected chi connectivity index (χ1v) is 12.1. The smallest absolute Gasteiger partial charge is 0.287 e. The summed E-state index contributed by atoms with van der Waals surface area (Å²) >= 11 is 2.22. The summed E-state index contributed by atoms with van der Waals surface area (Å²) in [6, 6.07) is 35.8. The third kappa shape index (κ3) is 5.60. The van der Waals surface area contributed by atoms with Crippen LogP contribution < -0.4 is 15.0 Å². The topological polar surface area (TPSA) is 104 Å². The summed E-state index contributed by atoms with van der Waals surface area (Å²) in [4.78, 5) is 10.5. The van der Waals surface area contributed by atoms with Gasteiger partial charge in [-0.15, -0.1) is 0 Å². The minimum Gasteiger partial charge on any atom is -0.497 e. The average Bonchev–Trinajstić information content (AvgIpc) is 2.91. The number of ether oxygens (including phenoxy) is 1. The number of nitrogens with zero attached hydrogens (tertiary/aromatic N) is 1. The van der Waals surface area contributed by atoms with Gasteiger partial charge in [-0.25, -0.2) is 0 Å². The van der Waals surface area contributed by atoms with Gasteiger partial charge in [-0.1, -0.05) is 103 Å². The molecule has 4 N–H and O–H groups in total. The molecule has 0 amide bonds. The summed E-state index contributed by atoms with van der Waals surface area (Å²) in [6.07, 6.45) is 0. The molecule has 34 heavy (non-hydrogen) atoms. The minimum atomic E-state index is -0.488. The number of nitro groups is 1. The van der Waals surface area contributed by atoms with Gasteiger partial charge < -0.3 is 4.74 Å². The molecule has 8 heteroatoms. The molecule has 0 aliphatic rings. The van der Waals surface area contributed by atoms with Gasteiger partial charge in [0.1, 0.15) is 15.4 Å². The van der Waals surface area contributed by atoms with E-state index in [0.29, 0.717) is 10.6 Å². The molecule has 0 saturated carbocycles. The molecule has 0 aliphatic carbocycles. The predicted octanol–water partition coefficient (Wildman–Crippen LogP) is 6.15. The Balaban J connectivity index is 0.000000215. The highest BCUT2D eigenvalue weighted by molar-refractivity contribution is 7.98. The van der Waals surface area contributed by atoms with Gasteiger partial charge in [-0.2, -0.15) is 0 Å². The fourth-order valence-electron chi connectivity index (χ4n) is 3.59. The summed E-state index contributed by atoms with van der Waals surface area (Å²) in [6.45, 7) is 0. The van der Waals surface area contributed by atoms with Crippen LogP contribution >= 0.6 is 23.9 Å². The second-order valence-electron chi connectivity index (χ2n) is 7.11. The normalized spacial score (nSPS) is 10.7. The molecule has 4 aromatic carbocycles. The quantitative estimate of drug-likeness (QED) is 0.138. The molecule has 174 valence electrons. The van der Waals surface area contributed by atoms with Gasteiger partial charge in [-0.3, -0.25) is 20.4 Å². The average molecular weight is 492 g/mol. The molecule has 0 heterocycles. The maximum absolute atomic E-state index is 10.5. The first-order chi connectivity index (χ1) is 16.6. The van der Waals surface area contributed by atoms with Crippen molar-refractivity contribution in [2.24, 2.45) is 10.3 Å². The molecule has 0 bridgehead atoms. The second-order valence-corrected chi connectivity index (χ2v) is 8.63. The molecule has 0 unspecified atom stereocenters. The van der Waals surface area contributed by atoms with Crippen molar-refractivity contribution in [2.45, 2.75) is 9.64 Å². The Kier molecular flexibility index (Phi) is 9.12. The monoisotopic (exact) mass is 491 g/mol. The third-order valence-corrected chi connectivity index (χ3v) is 6.87. The molecular weight excluding hydrogens is 466 g/mol.